The molecule has 21 heavy (non-hydrogen) atoms. The minimum Gasteiger partial charge on any atom is -0.293 e. The van der Waals surface area contributed by atoms with Gasteiger partial charge < -0.3 is 0 Å². The average molecular weight is 327 g/mol. The van der Waals surface area contributed by atoms with Gasteiger partial charge in [0.15, 0.2) is 5.78 Å². The lowest BCUT2D eigenvalue weighted by Gasteiger charge is -2.04. The highest BCUT2D eigenvalue weighted by molar-refractivity contribution is 7.08. The first-order chi connectivity index (χ1) is 10.1. The van der Waals surface area contributed by atoms with Gasteiger partial charge in [0.25, 0.3) is 0 Å². The minimum atomic E-state index is 0.0209. The molecule has 0 aliphatic heterocycles. The smallest absolute Gasteiger partial charge is 0.182 e. The Balaban J connectivity index is 2.27. The molecule has 7 heteroatoms. The van der Waals surface area contributed by atoms with E-state index >= 15 is 0 Å². The number of nitrogens with zero attached hydrogens (tertiary/aromatic N) is 4. The molecule has 0 aliphatic carbocycles. The molecule has 0 fully saturated rings. The number of aromatic nitrogens is 4. The van der Waals surface area contributed by atoms with E-state index in [0.717, 1.165) is 36.3 Å². The van der Waals surface area contributed by atoms with Crippen LogP contribution in [0.1, 0.15) is 53.9 Å². The highest BCUT2D eigenvalue weighted by Crippen LogP contribution is 2.24. The fraction of sp³-hybridized carbons (Fsp3) is 0.571. The predicted octanol–water partition coefficient (Wildman–Crippen LogP) is 3.35. The van der Waals surface area contributed by atoms with Gasteiger partial charge in [-0.15, -0.1) is 5.10 Å². The number of rotatable bonds is 7. The van der Waals surface area contributed by atoms with Crippen LogP contribution in [-0.2, 0) is 25.8 Å². The van der Waals surface area contributed by atoms with Crippen LogP contribution in [0.15, 0.2) is 0 Å². The van der Waals surface area contributed by atoms with Gasteiger partial charge >= 0.3 is 0 Å². The summed E-state index contributed by atoms with van der Waals surface area (Å²) in [5.74, 6) is 0.0209. The van der Waals surface area contributed by atoms with E-state index in [4.69, 9.17) is 11.6 Å². The molecule has 0 spiro atoms. The summed E-state index contributed by atoms with van der Waals surface area (Å²) in [5.41, 5.74) is 2.43. The number of carbonyl (C=O) groups is 1. The minimum absolute atomic E-state index is 0.0209. The van der Waals surface area contributed by atoms with Crippen LogP contribution in [0.3, 0.4) is 0 Å². The van der Waals surface area contributed by atoms with Crippen LogP contribution in [0.2, 0.25) is 5.02 Å². The molecule has 0 amide bonds. The van der Waals surface area contributed by atoms with Crippen molar-refractivity contribution < 1.29 is 4.79 Å². The molecule has 0 aromatic carbocycles. The number of halogens is 1. The largest absolute Gasteiger partial charge is 0.293 e. The van der Waals surface area contributed by atoms with Crippen molar-refractivity contribution in [3.8, 4) is 0 Å². The normalized spacial score (nSPS) is 11.0. The Morgan fingerprint density at radius 2 is 2.05 bits per heavy atom. The lowest BCUT2D eigenvalue weighted by molar-refractivity contribution is 0.0993. The van der Waals surface area contributed by atoms with Crippen LogP contribution in [0.5, 0.6) is 0 Å². The van der Waals surface area contributed by atoms with E-state index < -0.39 is 0 Å². The number of aryl methyl sites for hydroxylation is 3. The SMILES string of the molecule is CCCc1nnsc1C(=O)Cc1c(Cl)c(CC)nn1CC. The first-order valence-electron chi connectivity index (χ1n) is 7.20. The molecule has 2 aromatic rings. The Kier molecular flexibility index (Phi) is 5.47. The van der Waals surface area contributed by atoms with E-state index in [-0.39, 0.29) is 12.2 Å². The molecule has 0 radical (unpaired) electrons. The maximum Gasteiger partial charge on any atom is 0.182 e. The second kappa shape index (κ2) is 7.13. The zero-order valence-corrected chi connectivity index (χ0v) is 14.1. The lowest BCUT2D eigenvalue weighted by atomic mass is 10.1. The fourth-order valence-electron chi connectivity index (χ4n) is 2.24. The number of hydrogen-bond acceptors (Lipinski definition) is 5. The standard InChI is InChI=1S/C14H19ClN4OS/c1-4-7-10-14(21-18-16-10)12(20)8-11-13(15)9(5-2)17-19(11)6-3/h4-8H2,1-3H3. The topological polar surface area (TPSA) is 60.7 Å². The molecule has 2 heterocycles. The fourth-order valence-corrected chi connectivity index (χ4v) is 3.22. The summed E-state index contributed by atoms with van der Waals surface area (Å²) in [7, 11) is 0. The zero-order valence-electron chi connectivity index (χ0n) is 12.5. The van der Waals surface area contributed by atoms with Crippen molar-refractivity contribution >= 4 is 28.9 Å². The van der Waals surface area contributed by atoms with E-state index in [2.05, 4.69) is 21.6 Å². The number of Topliss-reactive ketones (excluding diaryl/α,β-unsaturated/α-hetero) is 1. The Hall–Kier alpha value is -1.27. The third-order valence-electron chi connectivity index (χ3n) is 3.32. The van der Waals surface area contributed by atoms with Crippen molar-refractivity contribution in [1.29, 1.82) is 0 Å². The molecule has 2 rings (SSSR count). The van der Waals surface area contributed by atoms with Crippen molar-refractivity contribution in [2.75, 3.05) is 0 Å². The summed E-state index contributed by atoms with van der Waals surface area (Å²) in [6.45, 7) is 6.76. The highest BCUT2D eigenvalue weighted by atomic mass is 35.5. The van der Waals surface area contributed by atoms with Crippen LogP contribution in [0, 0.1) is 0 Å². The van der Waals surface area contributed by atoms with Crippen molar-refractivity contribution in [2.24, 2.45) is 0 Å². The molecule has 0 N–H and O–H groups in total. The Bertz CT molecular complexity index is 635. The molecule has 0 saturated carbocycles. The quantitative estimate of drug-likeness (QED) is 0.732. The van der Waals surface area contributed by atoms with Crippen molar-refractivity contribution in [3.05, 3.63) is 27.0 Å². The van der Waals surface area contributed by atoms with Crippen LogP contribution in [0.4, 0.5) is 0 Å². The van der Waals surface area contributed by atoms with Gasteiger partial charge in [0.2, 0.25) is 0 Å². The van der Waals surface area contributed by atoms with Crippen molar-refractivity contribution in [2.45, 2.75) is 53.0 Å². The summed E-state index contributed by atoms with van der Waals surface area (Å²) in [4.78, 5) is 13.2. The molecule has 2 aromatic heterocycles. The maximum atomic E-state index is 12.5. The zero-order chi connectivity index (χ0) is 15.4. The molecule has 0 unspecified atom stereocenters. The summed E-state index contributed by atoms with van der Waals surface area (Å²) >= 11 is 7.52. The molecule has 0 saturated heterocycles. The van der Waals surface area contributed by atoms with E-state index in [1.807, 2.05) is 18.5 Å². The Morgan fingerprint density at radius 3 is 2.67 bits per heavy atom. The van der Waals surface area contributed by atoms with Crippen LogP contribution < -0.4 is 0 Å². The van der Waals surface area contributed by atoms with Crippen LogP contribution >= 0.6 is 23.1 Å². The lowest BCUT2D eigenvalue weighted by Crippen LogP contribution is -2.10. The van der Waals surface area contributed by atoms with Gasteiger partial charge in [-0.05, 0) is 31.3 Å². The summed E-state index contributed by atoms with van der Waals surface area (Å²) in [5, 5.41) is 9.10. The molecule has 0 aliphatic rings. The maximum absolute atomic E-state index is 12.5. The van der Waals surface area contributed by atoms with Crippen molar-refractivity contribution in [1.82, 2.24) is 19.4 Å². The van der Waals surface area contributed by atoms with E-state index in [1.165, 1.54) is 11.5 Å². The summed E-state index contributed by atoms with van der Waals surface area (Å²) < 4.78 is 5.72. The van der Waals surface area contributed by atoms with Crippen molar-refractivity contribution in [3.63, 3.8) is 0 Å². The third kappa shape index (κ3) is 3.32. The molecule has 0 atom stereocenters. The first kappa shape index (κ1) is 16.1. The monoisotopic (exact) mass is 326 g/mol. The van der Waals surface area contributed by atoms with E-state index in [1.54, 1.807) is 0 Å². The Morgan fingerprint density at radius 1 is 1.29 bits per heavy atom. The molecular weight excluding hydrogens is 308 g/mol. The third-order valence-corrected chi connectivity index (χ3v) is 4.56. The van der Waals surface area contributed by atoms with Gasteiger partial charge in [-0.2, -0.15) is 5.10 Å². The first-order valence-corrected chi connectivity index (χ1v) is 8.35. The number of hydrogen-bond donors (Lipinski definition) is 0. The van der Waals surface area contributed by atoms with Crippen LogP contribution in [-0.4, -0.2) is 25.2 Å². The summed E-state index contributed by atoms with van der Waals surface area (Å²) in [6, 6.07) is 0. The molecule has 114 valence electrons. The second-order valence-corrected chi connectivity index (χ2v) is 5.91. The molecule has 5 nitrogen and oxygen atoms in total. The van der Waals surface area contributed by atoms with Gasteiger partial charge in [0.05, 0.1) is 28.5 Å². The van der Waals surface area contributed by atoms with Gasteiger partial charge in [0.1, 0.15) is 4.88 Å². The Labute approximate surface area is 133 Å². The highest BCUT2D eigenvalue weighted by Gasteiger charge is 2.21. The van der Waals surface area contributed by atoms with Gasteiger partial charge in [-0.25, -0.2) is 0 Å². The molecular formula is C14H19ClN4OS. The van der Waals surface area contributed by atoms with Crippen LogP contribution in [0.25, 0.3) is 0 Å². The van der Waals surface area contributed by atoms with Gasteiger partial charge in [0, 0.05) is 6.54 Å². The number of carbonyl (C=O) groups excluding carboxylic acids is 1. The molecule has 0 bridgehead atoms. The number of ketones is 1. The van der Waals surface area contributed by atoms with E-state index in [9.17, 15) is 4.79 Å². The van der Waals surface area contributed by atoms with Gasteiger partial charge in [-0.3, -0.25) is 9.48 Å². The summed E-state index contributed by atoms with van der Waals surface area (Å²) in [6.07, 6.45) is 2.73. The second-order valence-electron chi connectivity index (χ2n) is 4.78. The van der Waals surface area contributed by atoms with Gasteiger partial charge in [-0.1, -0.05) is 36.4 Å². The van der Waals surface area contributed by atoms with E-state index in [0.29, 0.717) is 16.4 Å². The predicted molar refractivity (Wildman–Crippen MR) is 84.2 cm³/mol. The average Bonchev–Trinajstić information content (AvgIpc) is 3.05.